The van der Waals surface area contributed by atoms with Crippen molar-refractivity contribution in [2.75, 3.05) is 0 Å². The van der Waals surface area contributed by atoms with Gasteiger partial charge in [0.15, 0.2) is 0 Å². The van der Waals surface area contributed by atoms with Crippen molar-refractivity contribution in [3.63, 3.8) is 0 Å². The van der Waals surface area contributed by atoms with Crippen LogP contribution in [0.4, 0.5) is 0 Å². The van der Waals surface area contributed by atoms with Gasteiger partial charge in [-0.2, -0.15) is 0 Å². The topological polar surface area (TPSA) is 20.2 Å². The highest BCUT2D eigenvalue weighted by Crippen LogP contribution is 2.24. The maximum Gasteiger partial charge on any atom is 0.0574 e. The van der Waals surface area contributed by atoms with Gasteiger partial charge >= 0.3 is 0 Å². The molecule has 0 rings (SSSR count). The van der Waals surface area contributed by atoms with Gasteiger partial charge in [0.25, 0.3) is 0 Å². The minimum Gasteiger partial charge on any atom is -0.393 e. The van der Waals surface area contributed by atoms with Crippen LogP contribution in [0.2, 0.25) is 0 Å². The quantitative estimate of drug-likeness (QED) is 0.236. The summed E-state index contributed by atoms with van der Waals surface area (Å²) in [5.74, 6) is 1.41. The molecule has 0 bridgehead atoms. The van der Waals surface area contributed by atoms with Gasteiger partial charge in [0.05, 0.1) is 6.10 Å². The number of hydrogen-bond acceptors (Lipinski definition) is 1. The molecule has 0 spiro atoms. The first-order valence-electron chi connectivity index (χ1n) is 11.2. The predicted octanol–water partition coefficient (Wildman–Crippen LogP) is 8.00. The average Bonchev–Trinajstić information content (AvgIpc) is 2.57. The SMILES string of the molecule is CCCCCCCCCC[C](CCCCCCCCCC)C(C)O. The van der Waals surface area contributed by atoms with Crippen LogP contribution in [0.15, 0.2) is 0 Å². The normalized spacial score (nSPS) is 12.9. The second-order valence-corrected chi connectivity index (χ2v) is 7.78. The maximum atomic E-state index is 9.97. The fourth-order valence-electron chi connectivity index (χ4n) is 3.51. The molecule has 1 radical (unpaired) electrons. The first-order chi connectivity index (χ1) is 11.7. The van der Waals surface area contributed by atoms with Crippen LogP contribution in [0.5, 0.6) is 0 Å². The van der Waals surface area contributed by atoms with E-state index >= 15 is 0 Å². The lowest BCUT2D eigenvalue weighted by Crippen LogP contribution is -2.14. The molecule has 1 nitrogen and oxygen atoms in total. The van der Waals surface area contributed by atoms with Gasteiger partial charge in [-0.05, 0) is 19.8 Å². The van der Waals surface area contributed by atoms with Crippen molar-refractivity contribution >= 4 is 0 Å². The molecule has 0 aliphatic heterocycles. The Morgan fingerprint density at radius 2 is 0.833 bits per heavy atom. The van der Waals surface area contributed by atoms with Gasteiger partial charge in [-0.15, -0.1) is 0 Å². The minimum absolute atomic E-state index is 0.195. The summed E-state index contributed by atoms with van der Waals surface area (Å²) in [4.78, 5) is 0. The maximum absolute atomic E-state index is 9.97. The number of unbranched alkanes of at least 4 members (excludes halogenated alkanes) is 14. The summed E-state index contributed by atoms with van der Waals surface area (Å²) in [6.45, 7) is 6.52. The van der Waals surface area contributed by atoms with E-state index in [-0.39, 0.29) is 6.10 Å². The Kier molecular flexibility index (Phi) is 19.3. The van der Waals surface area contributed by atoms with Crippen LogP contribution >= 0.6 is 0 Å². The minimum atomic E-state index is -0.195. The molecule has 0 aliphatic carbocycles. The van der Waals surface area contributed by atoms with Crippen molar-refractivity contribution in [2.45, 2.75) is 142 Å². The monoisotopic (exact) mass is 339 g/mol. The Morgan fingerprint density at radius 3 is 1.12 bits per heavy atom. The molecular formula is C23H47O. The Hall–Kier alpha value is -0.0400. The van der Waals surface area contributed by atoms with E-state index in [4.69, 9.17) is 0 Å². The highest BCUT2D eigenvalue weighted by molar-refractivity contribution is 4.94. The summed E-state index contributed by atoms with van der Waals surface area (Å²) in [6, 6.07) is 0. The molecule has 0 aromatic carbocycles. The van der Waals surface area contributed by atoms with Crippen LogP contribution in [0.25, 0.3) is 0 Å². The number of rotatable bonds is 19. The molecule has 0 saturated heterocycles. The van der Waals surface area contributed by atoms with Crippen molar-refractivity contribution in [2.24, 2.45) is 0 Å². The standard InChI is InChI=1S/C23H47O/c1-4-6-8-10-12-14-16-18-20-23(22(3)24)21-19-17-15-13-11-9-7-5-2/h22,24H,4-21H2,1-3H3. The Bertz CT molecular complexity index is 204. The molecular weight excluding hydrogens is 292 g/mol. The molecule has 24 heavy (non-hydrogen) atoms. The van der Waals surface area contributed by atoms with Gasteiger partial charge in [-0.25, -0.2) is 0 Å². The summed E-state index contributed by atoms with van der Waals surface area (Å²) in [5.41, 5.74) is 0. The summed E-state index contributed by atoms with van der Waals surface area (Å²) < 4.78 is 0. The smallest absolute Gasteiger partial charge is 0.0574 e. The van der Waals surface area contributed by atoms with Gasteiger partial charge in [0, 0.05) is 5.92 Å². The molecule has 0 aliphatic rings. The van der Waals surface area contributed by atoms with Crippen LogP contribution < -0.4 is 0 Å². The van der Waals surface area contributed by atoms with E-state index in [1.165, 1.54) is 109 Å². The fourth-order valence-corrected chi connectivity index (χ4v) is 3.51. The molecule has 0 fully saturated rings. The van der Waals surface area contributed by atoms with Crippen LogP contribution in [0.1, 0.15) is 136 Å². The molecule has 1 unspecified atom stereocenters. The first kappa shape index (κ1) is 24.0. The third kappa shape index (κ3) is 16.8. The van der Waals surface area contributed by atoms with E-state index in [1.54, 1.807) is 0 Å². The summed E-state index contributed by atoms with van der Waals surface area (Å²) in [6.07, 6.45) is 24.1. The van der Waals surface area contributed by atoms with Crippen LogP contribution in [0, 0.1) is 5.92 Å². The highest BCUT2D eigenvalue weighted by Gasteiger charge is 2.14. The van der Waals surface area contributed by atoms with Gasteiger partial charge in [-0.1, -0.05) is 117 Å². The van der Waals surface area contributed by atoms with Crippen molar-refractivity contribution < 1.29 is 5.11 Å². The molecule has 1 heteroatoms. The number of aliphatic hydroxyl groups excluding tert-OH is 1. The molecule has 145 valence electrons. The van der Waals surface area contributed by atoms with Crippen molar-refractivity contribution in [3.05, 3.63) is 5.92 Å². The predicted molar refractivity (Wildman–Crippen MR) is 109 cm³/mol. The zero-order chi connectivity index (χ0) is 17.9. The largest absolute Gasteiger partial charge is 0.393 e. The Balaban J connectivity index is 3.47. The zero-order valence-corrected chi connectivity index (χ0v) is 17.3. The molecule has 0 heterocycles. The van der Waals surface area contributed by atoms with E-state index in [2.05, 4.69) is 13.8 Å². The van der Waals surface area contributed by atoms with Crippen molar-refractivity contribution in [1.82, 2.24) is 0 Å². The number of aliphatic hydroxyl groups is 1. The van der Waals surface area contributed by atoms with Crippen molar-refractivity contribution in [1.29, 1.82) is 0 Å². The van der Waals surface area contributed by atoms with Gasteiger partial charge in [0.2, 0.25) is 0 Å². The van der Waals surface area contributed by atoms with E-state index in [0.717, 1.165) is 12.8 Å². The van der Waals surface area contributed by atoms with Gasteiger partial charge < -0.3 is 5.11 Å². The zero-order valence-electron chi connectivity index (χ0n) is 17.3. The molecule has 1 N–H and O–H groups in total. The summed E-state index contributed by atoms with van der Waals surface area (Å²) >= 11 is 0. The molecule has 0 aromatic rings. The molecule has 0 amide bonds. The van der Waals surface area contributed by atoms with Crippen LogP contribution in [-0.4, -0.2) is 11.2 Å². The molecule has 0 aromatic heterocycles. The number of hydrogen-bond donors (Lipinski definition) is 1. The summed E-state index contributed by atoms with van der Waals surface area (Å²) in [5, 5.41) is 9.97. The van der Waals surface area contributed by atoms with E-state index in [9.17, 15) is 5.11 Å². The summed E-state index contributed by atoms with van der Waals surface area (Å²) in [7, 11) is 0. The average molecular weight is 340 g/mol. The Labute approximate surface area is 154 Å². The lowest BCUT2D eigenvalue weighted by atomic mass is 9.90. The molecule has 0 saturated carbocycles. The second-order valence-electron chi connectivity index (χ2n) is 7.78. The van der Waals surface area contributed by atoms with Crippen molar-refractivity contribution in [3.8, 4) is 0 Å². The lowest BCUT2D eigenvalue weighted by molar-refractivity contribution is 0.192. The van der Waals surface area contributed by atoms with E-state index in [1.807, 2.05) is 6.92 Å². The molecule has 1 atom stereocenters. The van der Waals surface area contributed by atoms with E-state index < -0.39 is 0 Å². The fraction of sp³-hybridized carbons (Fsp3) is 0.957. The second kappa shape index (κ2) is 19.3. The van der Waals surface area contributed by atoms with Crippen LogP contribution in [0.3, 0.4) is 0 Å². The van der Waals surface area contributed by atoms with Gasteiger partial charge in [0.1, 0.15) is 0 Å². The lowest BCUT2D eigenvalue weighted by Gasteiger charge is -2.19. The third-order valence-electron chi connectivity index (χ3n) is 5.29. The van der Waals surface area contributed by atoms with Gasteiger partial charge in [-0.3, -0.25) is 0 Å². The Morgan fingerprint density at radius 1 is 0.542 bits per heavy atom. The first-order valence-corrected chi connectivity index (χ1v) is 11.2. The van der Waals surface area contributed by atoms with E-state index in [0.29, 0.717) is 0 Å². The third-order valence-corrected chi connectivity index (χ3v) is 5.29. The van der Waals surface area contributed by atoms with Crippen LogP contribution in [-0.2, 0) is 0 Å². The highest BCUT2D eigenvalue weighted by atomic mass is 16.3.